The highest BCUT2D eigenvalue weighted by molar-refractivity contribution is 5.80. The van der Waals surface area contributed by atoms with E-state index in [-0.39, 0.29) is 0 Å². The van der Waals surface area contributed by atoms with Gasteiger partial charge in [-0.1, -0.05) is 24.3 Å². The number of pyridine rings is 1. The molecule has 4 heteroatoms. The van der Waals surface area contributed by atoms with E-state index >= 15 is 0 Å². The zero-order chi connectivity index (χ0) is 11.7. The van der Waals surface area contributed by atoms with Gasteiger partial charge in [0.15, 0.2) is 5.82 Å². The monoisotopic (exact) mass is 224 g/mol. The summed E-state index contributed by atoms with van der Waals surface area (Å²) >= 11 is 0. The Labute approximate surface area is 98.5 Å². The topological polar surface area (TPSA) is 67.6 Å². The van der Waals surface area contributed by atoms with Crippen LogP contribution in [0, 0.1) is 0 Å². The minimum absolute atomic E-state index is 0.459. The SMILES string of the molecule is NCc1cnc(-c2ccc3ccccc3n2)[nH]1. The van der Waals surface area contributed by atoms with Crippen LogP contribution in [0.3, 0.4) is 0 Å². The molecule has 0 aliphatic carbocycles. The van der Waals surface area contributed by atoms with Gasteiger partial charge in [-0.2, -0.15) is 0 Å². The highest BCUT2D eigenvalue weighted by atomic mass is 15.0. The summed E-state index contributed by atoms with van der Waals surface area (Å²) in [6.07, 6.45) is 1.74. The summed E-state index contributed by atoms with van der Waals surface area (Å²) < 4.78 is 0. The maximum absolute atomic E-state index is 5.54. The van der Waals surface area contributed by atoms with Crippen LogP contribution in [0.4, 0.5) is 0 Å². The van der Waals surface area contributed by atoms with Crippen LogP contribution in [-0.2, 0) is 6.54 Å². The Hall–Kier alpha value is -2.20. The first kappa shape index (κ1) is 9.99. The van der Waals surface area contributed by atoms with Crippen molar-refractivity contribution in [1.82, 2.24) is 15.0 Å². The van der Waals surface area contributed by atoms with Crippen molar-refractivity contribution in [3.8, 4) is 11.5 Å². The number of hydrogen-bond donors (Lipinski definition) is 2. The maximum Gasteiger partial charge on any atom is 0.156 e. The van der Waals surface area contributed by atoms with Crippen LogP contribution < -0.4 is 5.73 Å². The smallest absolute Gasteiger partial charge is 0.156 e. The predicted molar refractivity (Wildman–Crippen MR) is 67.2 cm³/mol. The summed E-state index contributed by atoms with van der Waals surface area (Å²) in [6, 6.07) is 12.0. The summed E-state index contributed by atoms with van der Waals surface area (Å²) in [6.45, 7) is 0.459. The highest BCUT2D eigenvalue weighted by Crippen LogP contribution is 2.18. The number of rotatable bonds is 2. The number of nitrogens with two attached hydrogens (primary N) is 1. The largest absolute Gasteiger partial charge is 0.339 e. The average molecular weight is 224 g/mol. The number of fused-ring (bicyclic) bond motifs is 1. The second kappa shape index (κ2) is 3.99. The molecule has 0 aliphatic rings. The molecule has 3 aromatic rings. The molecule has 0 saturated carbocycles. The van der Waals surface area contributed by atoms with Gasteiger partial charge in [0, 0.05) is 23.8 Å². The molecule has 84 valence electrons. The van der Waals surface area contributed by atoms with Crippen LogP contribution in [-0.4, -0.2) is 15.0 Å². The summed E-state index contributed by atoms with van der Waals surface area (Å²) in [4.78, 5) is 12.0. The number of hydrogen-bond acceptors (Lipinski definition) is 3. The number of benzene rings is 1. The molecule has 0 spiro atoms. The van der Waals surface area contributed by atoms with Crippen molar-refractivity contribution in [2.75, 3.05) is 0 Å². The third-order valence-electron chi connectivity index (χ3n) is 2.69. The molecule has 2 aromatic heterocycles. The second-order valence-corrected chi connectivity index (χ2v) is 3.85. The van der Waals surface area contributed by atoms with Crippen LogP contribution in [0.2, 0.25) is 0 Å². The lowest BCUT2D eigenvalue weighted by Crippen LogP contribution is -1.95. The van der Waals surface area contributed by atoms with E-state index in [0.717, 1.165) is 28.1 Å². The Kier molecular flexibility index (Phi) is 2.34. The van der Waals surface area contributed by atoms with Gasteiger partial charge in [-0.25, -0.2) is 9.97 Å². The van der Waals surface area contributed by atoms with Crippen molar-refractivity contribution in [1.29, 1.82) is 0 Å². The van der Waals surface area contributed by atoms with Gasteiger partial charge in [0.05, 0.1) is 5.52 Å². The molecule has 4 nitrogen and oxygen atoms in total. The molecular weight excluding hydrogens is 212 g/mol. The van der Waals surface area contributed by atoms with Crippen LogP contribution in [0.1, 0.15) is 5.69 Å². The molecule has 0 unspecified atom stereocenters. The van der Waals surface area contributed by atoms with Gasteiger partial charge in [0.1, 0.15) is 5.69 Å². The van der Waals surface area contributed by atoms with E-state index in [2.05, 4.69) is 15.0 Å². The van der Waals surface area contributed by atoms with E-state index in [0.29, 0.717) is 6.54 Å². The van der Waals surface area contributed by atoms with E-state index in [4.69, 9.17) is 5.73 Å². The minimum Gasteiger partial charge on any atom is -0.339 e. The molecule has 0 saturated heterocycles. The van der Waals surface area contributed by atoms with E-state index in [1.165, 1.54) is 0 Å². The molecule has 2 heterocycles. The molecule has 3 rings (SSSR count). The molecule has 1 aromatic carbocycles. The van der Waals surface area contributed by atoms with Crippen LogP contribution in [0.15, 0.2) is 42.6 Å². The van der Waals surface area contributed by atoms with Crippen molar-refractivity contribution in [3.05, 3.63) is 48.3 Å². The molecule has 0 radical (unpaired) electrons. The summed E-state index contributed by atoms with van der Waals surface area (Å²) in [5, 5.41) is 1.13. The standard InChI is InChI=1S/C13H12N4/c14-7-10-8-15-13(16-10)12-6-5-9-3-1-2-4-11(9)17-12/h1-6,8H,7,14H2,(H,15,16). The maximum atomic E-state index is 5.54. The van der Waals surface area contributed by atoms with E-state index < -0.39 is 0 Å². The summed E-state index contributed by atoms with van der Waals surface area (Å²) in [7, 11) is 0. The first-order chi connectivity index (χ1) is 8.36. The number of H-pyrrole nitrogens is 1. The lowest BCUT2D eigenvalue weighted by molar-refractivity contribution is 1.01. The van der Waals surface area contributed by atoms with Crippen molar-refractivity contribution in [2.45, 2.75) is 6.54 Å². The number of imidazole rings is 1. The molecule has 0 fully saturated rings. The van der Waals surface area contributed by atoms with Gasteiger partial charge in [0.2, 0.25) is 0 Å². The molecule has 0 atom stereocenters. The van der Waals surface area contributed by atoms with E-state index in [9.17, 15) is 0 Å². The Morgan fingerprint density at radius 2 is 2.00 bits per heavy atom. The van der Waals surface area contributed by atoms with Gasteiger partial charge in [-0.05, 0) is 12.1 Å². The fraction of sp³-hybridized carbons (Fsp3) is 0.0769. The van der Waals surface area contributed by atoms with Gasteiger partial charge in [-0.3, -0.25) is 0 Å². The van der Waals surface area contributed by atoms with Gasteiger partial charge >= 0.3 is 0 Å². The zero-order valence-electron chi connectivity index (χ0n) is 9.22. The Morgan fingerprint density at radius 1 is 1.12 bits per heavy atom. The number of nitrogens with one attached hydrogen (secondary N) is 1. The van der Waals surface area contributed by atoms with Crippen LogP contribution >= 0.6 is 0 Å². The third kappa shape index (κ3) is 1.79. The van der Waals surface area contributed by atoms with Crippen molar-refractivity contribution >= 4 is 10.9 Å². The lowest BCUT2D eigenvalue weighted by Gasteiger charge is -1.99. The molecule has 0 amide bonds. The lowest BCUT2D eigenvalue weighted by atomic mass is 10.2. The van der Waals surface area contributed by atoms with Crippen molar-refractivity contribution in [3.63, 3.8) is 0 Å². The number of para-hydroxylation sites is 1. The van der Waals surface area contributed by atoms with E-state index in [1.54, 1.807) is 6.20 Å². The molecule has 0 aliphatic heterocycles. The minimum atomic E-state index is 0.459. The average Bonchev–Trinajstić information content (AvgIpc) is 2.87. The van der Waals surface area contributed by atoms with Gasteiger partial charge in [0.25, 0.3) is 0 Å². The third-order valence-corrected chi connectivity index (χ3v) is 2.69. The zero-order valence-corrected chi connectivity index (χ0v) is 9.22. The van der Waals surface area contributed by atoms with Gasteiger partial charge in [-0.15, -0.1) is 0 Å². The normalized spacial score (nSPS) is 10.9. The fourth-order valence-corrected chi connectivity index (χ4v) is 1.79. The van der Waals surface area contributed by atoms with Gasteiger partial charge < -0.3 is 10.7 Å². The fourth-order valence-electron chi connectivity index (χ4n) is 1.79. The molecular formula is C13H12N4. The molecule has 0 bridgehead atoms. The Morgan fingerprint density at radius 3 is 2.82 bits per heavy atom. The summed E-state index contributed by atoms with van der Waals surface area (Å²) in [5.74, 6) is 0.760. The second-order valence-electron chi connectivity index (χ2n) is 3.85. The molecule has 3 N–H and O–H groups in total. The van der Waals surface area contributed by atoms with Crippen LogP contribution in [0.25, 0.3) is 22.4 Å². The predicted octanol–water partition coefficient (Wildman–Crippen LogP) is 2.08. The number of aromatic nitrogens is 3. The first-order valence-corrected chi connectivity index (χ1v) is 5.47. The summed E-state index contributed by atoms with van der Waals surface area (Å²) in [5.41, 5.74) is 8.26. The quantitative estimate of drug-likeness (QED) is 0.700. The molecule has 17 heavy (non-hydrogen) atoms. The number of aromatic amines is 1. The first-order valence-electron chi connectivity index (χ1n) is 5.47. The number of nitrogens with zero attached hydrogens (tertiary/aromatic N) is 2. The van der Waals surface area contributed by atoms with E-state index in [1.807, 2.05) is 36.4 Å². The van der Waals surface area contributed by atoms with Crippen LogP contribution in [0.5, 0.6) is 0 Å². The van der Waals surface area contributed by atoms with Crippen molar-refractivity contribution in [2.24, 2.45) is 5.73 Å². The Balaban J connectivity index is 2.11. The highest BCUT2D eigenvalue weighted by Gasteiger charge is 2.04. The van der Waals surface area contributed by atoms with Crippen molar-refractivity contribution < 1.29 is 0 Å². The Bertz CT molecular complexity index is 657.